The first-order valence-electron chi connectivity index (χ1n) is 5.41. The Bertz CT molecular complexity index is 529. The third kappa shape index (κ3) is 3.01. The molecular weight excluding hydrogens is 238 g/mol. The monoisotopic (exact) mass is 250 g/mol. The van der Waals surface area contributed by atoms with Crippen molar-refractivity contribution in [3.63, 3.8) is 0 Å². The quantitative estimate of drug-likeness (QED) is 0.906. The fourth-order valence-electron chi connectivity index (χ4n) is 1.47. The molecule has 18 heavy (non-hydrogen) atoms. The Balaban J connectivity index is 2.13. The van der Waals surface area contributed by atoms with E-state index in [0.717, 1.165) is 24.4 Å². The number of benzene rings is 1. The molecule has 1 N–H and O–H groups in total. The highest BCUT2D eigenvalue weighted by Crippen LogP contribution is 2.22. The minimum atomic E-state index is -0.825. The van der Waals surface area contributed by atoms with Crippen molar-refractivity contribution in [3.05, 3.63) is 53.7 Å². The van der Waals surface area contributed by atoms with Crippen LogP contribution in [-0.4, -0.2) is 12.0 Å². The minimum Gasteiger partial charge on any atom is -0.436 e. The number of aromatic nitrogens is 1. The largest absolute Gasteiger partial charge is 0.436 e. The number of pyridine rings is 1. The molecule has 0 aliphatic carbocycles. The summed E-state index contributed by atoms with van der Waals surface area (Å²) in [5.74, 6) is -1.34. The summed E-state index contributed by atoms with van der Waals surface area (Å²) in [7, 11) is 1.85. The summed E-state index contributed by atoms with van der Waals surface area (Å²) in [6.45, 7) is 0.740. The molecule has 0 fully saturated rings. The molecule has 0 saturated heterocycles. The molecule has 0 radical (unpaired) electrons. The number of rotatable bonds is 4. The van der Waals surface area contributed by atoms with E-state index in [4.69, 9.17) is 4.74 Å². The van der Waals surface area contributed by atoms with Crippen molar-refractivity contribution >= 4 is 0 Å². The summed E-state index contributed by atoms with van der Waals surface area (Å²) in [4.78, 5) is 3.55. The molecule has 2 aromatic rings. The van der Waals surface area contributed by atoms with Crippen molar-refractivity contribution in [2.45, 2.75) is 6.54 Å². The van der Waals surface area contributed by atoms with Crippen LogP contribution in [0, 0.1) is 11.6 Å². The summed E-state index contributed by atoms with van der Waals surface area (Å²) < 4.78 is 31.2. The molecule has 1 aromatic heterocycles. The number of nitrogens with zero attached hydrogens (tertiary/aromatic N) is 1. The van der Waals surface area contributed by atoms with Gasteiger partial charge in [-0.3, -0.25) is 0 Å². The molecule has 1 heterocycles. The van der Waals surface area contributed by atoms with Gasteiger partial charge in [-0.15, -0.1) is 0 Å². The Morgan fingerprint density at radius 2 is 1.94 bits per heavy atom. The average Bonchev–Trinajstić information content (AvgIpc) is 2.35. The second kappa shape index (κ2) is 5.55. The standard InChI is InChI=1S/C13H12F2N2O/c1-16-7-9-2-4-11(5-3-9)18-13-12(15)6-10(14)8-17-13/h2-6,8,16H,7H2,1H3. The van der Waals surface area contributed by atoms with E-state index >= 15 is 0 Å². The minimum absolute atomic E-state index is 0.238. The molecule has 5 heteroatoms. The predicted octanol–water partition coefficient (Wildman–Crippen LogP) is 2.87. The second-order valence-corrected chi connectivity index (χ2v) is 3.72. The Hall–Kier alpha value is -2.01. The lowest BCUT2D eigenvalue weighted by molar-refractivity contribution is 0.416. The first-order valence-corrected chi connectivity index (χ1v) is 5.41. The highest BCUT2D eigenvalue weighted by atomic mass is 19.1. The molecule has 2 rings (SSSR count). The molecule has 0 saturated carbocycles. The molecule has 0 aliphatic rings. The molecule has 3 nitrogen and oxygen atoms in total. The summed E-state index contributed by atoms with van der Waals surface area (Å²) in [6, 6.07) is 7.85. The van der Waals surface area contributed by atoms with Crippen LogP contribution in [-0.2, 0) is 6.54 Å². The molecule has 94 valence electrons. The Labute approximate surface area is 103 Å². The van der Waals surface area contributed by atoms with Gasteiger partial charge in [-0.1, -0.05) is 12.1 Å². The summed E-state index contributed by atoms with van der Waals surface area (Å²) in [5, 5.41) is 3.01. The maximum absolute atomic E-state index is 13.3. The van der Waals surface area contributed by atoms with Crippen LogP contribution in [0.5, 0.6) is 11.6 Å². The van der Waals surface area contributed by atoms with Gasteiger partial charge in [0, 0.05) is 12.6 Å². The zero-order chi connectivity index (χ0) is 13.0. The van der Waals surface area contributed by atoms with Crippen molar-refractivity contribution in [1.82, 2.24) is 10.3 Å². The predicted molar refractivity (Wildman–Crippen MR) is 63.4 cm³/mol. The van der Waals surface area contributed by atoms with Crippen molar-refractivity contribution < 1.29 is 13.5 Å². The van der Waals surface area contributed by atoms with Gasteiger partial charge in [-0.05, 0) is 24.7 Å². The van der Waals surface area contributed by atoms with Crippen LogP contribution >= 0.6 is 0 Å². The van der Waals surface area contributed by atoms with Crippen molar-refractivity contribution in [1.29, 1.82) is 0 Å². The first-order chi connectivity index (χ1) is 8.69. The van der Waals surface area contributed by atoms with E-state index in [0.29, 0.717) is 5.75 Å². The van der Waals surface area contributed by atoms with Crippen LogP contribution in [0.25, 0.3) is 0 Å². The van der Waals surface area contributed by atoms with Gasteiger partial charge in [0.25, 0.3) is 5.88 Å². The Kier molecular flexibility index (Phi) is 3.84. The third-order valence-electron chi connectivity index (χ3n) is 2.29. The summed E-state index contributed by atoms with van der Waals surface area (Å²) in [6.07, 6.45) is 0.911. The van der Waals surface area contributed by atoms with Crippen molar-refractivity contribution in [2.24, 2.45) is 0 Å². The highest BCUT2D eigenvalue weighted by molar-refractivity contribution is 5.30. The van der Waals surface area contributed by atoms with Crippen LogP contribution in [0.15, 0.2) is 36.5 Å². The number of hydrogen-bond donors (Lipinski definition) is 1. The molecule has 0 atom stereocenters. The molecule has 0 unspecified atom stereocenters. The molecule has 0 amide bonds. The average molecular weight is 250 g/mol. The number of ether oxygens (including phenoxy) is 1. The van der Waals surface area contributed by atoms with E-state index in [-0.39, 0.29) is 5.88 Å². The normalized spacial score (nSPS) is 10.4. The van der Waals surface area contributed by atoms with Gasteiger partial charge in [0.05, 0.1) is 6.20 Å². The highest BCUT2D eigenvalue weighted by Gasteiger charge is 2.07. The molecule has 0 bridgehead atoms. The lowest BCUT2D eigenvalue weighted by atomic mass is 10.2. The lowest BCUT2D eigenvalue weighted by Crippen LogP contribution is -2.04. The van der Waals surface area contributed by atoms with Crippen molar-refractivity contribution in [3.8, 4) is 11.6 Å². The SMILES string of the molecule is CNCc1ccc(Oc2ncc(F)cc2F)cc1. The summed E-state index contributed by atoms with van der Waals surface area (Å²) >= 11 is 0. The van der Waals surface area contributed by atoms with Crippen LogP contribution in [0.3, 0.4) is 0 Å². The van der Waals surface area contributed by atoms with Crippen molar-refractivity contribution in [2.75, 3.05) is 7.05 Å². The van der Waals surface area contributed by atoms with Gasteiger partial charge in [0.15, 0.2) is 5.82 Å². The zero-order valence-electron chi connectivity index (χ0n) is 9.78. The van der Waals surface area contributed by atoms with Crippen LogP contribution in [0.4, 0.5) is 8.78 Å². The maximum atomic E-state index is 13.3. The van der Waals surface area contributed by atoms with Crippen LogP contribution in [0.2, 0.25) is 0 Å². The molecule has 1 aromatic carbocycles. The van der Waals surface area contributed by atoms with Gasteiger partial charge in [0.2, 0.25) is 0 Å². The zero-order valence-corrected chi connectivity index (χ0v) is 9.78. The van der Waals surface area contributed by atoms with Gasteiger partial charge in [-0.2, -0.15) is 0 Å². The van der Waals surface area contributed by atoms with Crippen LogP contribution in [0.1, 0.15) is 5.56 Å². The molecule has 0 spiro atoms. The van der Waals surface area contributed by atoms with E-state index in [9.17, 15) is 8.78 Å². The number of nitrogens with one attached hydrogen (secondary N) is 1. The van der Waals surface area contributed by atoms with E-state index in [2.05, 4.69) is 10.3 Å². The topological polar surface area (TPSA) is 34.1 Å². The number of halogens is 2. The second-order valence-electron chi connectivity index (χ2n) is 3.72. The maximum Gasteiger partial charge on any atom is 0.256 e. The van der Waals surface area contributed by atoms with Gasteiger partial charge in [-0.25, -0.2) is 13.8 Å². The van der Waals surface area contributed by atoms with E-state index in [1.807, 2.05) is 19.2 Å². The molecule has 0 aliphatic heterocycles. The smallest absolute Gasteiger partial charge is 0.256 e. The van der Waals surface area contributed by atoms with Gasteiger partial charge < -0.3 is 10.1 Å². The van der Waals surface area contributed by atoms with E-state index < -0.39 is 11.6 Å². The summed E-state index contributed by atoms with van der Waals surface area (Å²) in [5.41, 5.74) is 1.08. The van der Waals surface area contributed by atoms with E-state index in [1.54, 1.807) is 12.1 Å². The lowest BCUT2D eigenvalue weighted by Gasteiger charge is -2.06. The first kappa shape index (κ1) is 12.4. The Morgan fingerprint density at radius 3 is 2.56 bits per heavy atom. The van der Waals surface area contributed by atoms with Crippen LogP contribution < -0.4 is 10.1 Å². The fourth-order valence-corrected chi connectivity index (χ4v) is 1.47. The van der Waals surface area contributed by atoms with E-state index in [1.165, 1.54) is 0 Å². The molecular formula is C13H12F2N2O. The van der Waals surface area contributed by atoms with Gasteiger partial charge >= 0.3 is 0 Å². The third-order valence-corrected chi connectivity index (χ3v) is 2.29. The Morgan fingerprint density at radius 1 is 1.22 bits per heavy atom. The number of hydrogen-bond acceptors (Lipinski definition) is 3. The van der Waals surface area contributed by atoms with Gasteiger partial charge in [0.1, 0.15) is 11.6 Å². The fraction of sp³-hybridized carbons (Fsp3) is 0.154.